The number of benzene rings is 1. The lowest BCUT2D eigenvalue weighted by molar-refractivity contribution is 0.0955. The summed E-state index contributed by atoms with van der Waals surface area (Å²) in [5.41, 5.74) is 4.49. The summed E-state index contributed by atoms with van der Waals surface area (Å²) in [6, 6.07) is 11.1. The van der Waals surface area contributed by atoms with Gasteiger partial charge in [-0.3, -0.25) is 4.79 Å². The molecule has 1 aromatic carbocycles. The molecule has 0 aliphatic heterocycles. The lowest BCUT2D eigenvalue weighted by atomic mass is 10.1. The molecule has 2 aromatic heterocycles. The highest BCUT2D eigenvalue weighted by atomic mass is 16.5. The minimum Gasteiger partial charge on any atom is -0.361 e. The Kier molecular flexibility index (Phi) is 4.01. The number of rotatable bonds is 4. The van der Waals surface area contributed by atoms with Crippen molar-refractivity contribution < 1.29 is 13.8 Å². The SMILES string of the molecule is Cc1cc(-c2onc(C)c2C(=O)NN=Cc2ccccc2)no1. The Morgan fingerprint density at radius 2 is 1.96 bits per heavy atom. The van der Waals surface area contributed by atoms with Crippen LogP contribution in [-0.4, -0.2) is 22.4 Å². The zero-order chi connectivity index (χ0) is 16.2. The fraction of sp³-hybridized carbons (Fsp3) is 0.125. The van der Waals surface area contributed by atoms with Crippen LogP contribution in [0.3, 0.4) is 0 Å². The zero-order valence-corrected chi connectivity index (χ0v) is 12.6. The Labute approximate surface area is 132 Å². The van der Waals surface area contributed by atoms with Crippen LogP contribution >= 0.6 is 0 Å². The van der Waals surface area contributed by atoms with Gasteiger partial charge in [-0.15, -0.1) is 0 Å². The number of amides is 1. The van der Waals surface area contributed by atoms with Gasteiger partial charge in [0.15, 0.2) is 5.69 Å². The van der Waals surface area contributed by atoms with Crippen LogP contribution in [0.25, 0.3) is 11.5 Å². The molecule has 0 fully saturated rings. The molecule has 0 saturated heterocycles. The summed E-state index contributed by atoms with van der Waals surface area (Å²) < 4.78 is 10.2. The highest BCUT2D eigenvalue weighted by Gasteiger charge is 2.23. The standard InChI is InChI=1S/C16H14N4O3/c1-10-8-13(20-22-10)15-14(11(2)19-23-15)16(21)18-17-9-12-6-4-3-5-7-12/h3-9H,1-2H3,(H,18,21). The van der Waals surface area contributed by atoms with Crippen LogP contribution in [0.5, 0.6) is 0 Å². The van der Waals surface area contributed by atoms with Crippen molar-refractivity contribution in [1.29, 1.82) is 0 Å². The van der Waals surface area contributed by atoms with Crippen molar-refractivity contribution in [2.75, 3.05) is 0 Å². The summed E-state index contributed by atoms with van der Waals surface area (Å²) in [6.07, 6.45) is 1.56. The number of hydrogen-bond donors (Lipinski definition) is 1. The minimum atomic E-state index is -0.424. The van der Waals surface area contributed by atoms with Gasteiger partial charge in [0.25, 0.3) is 5.91 Å². The van der Waals surface area contributed by atoms with Gasteiger partial charge in [0.2, 0.25) is 5.76 Å². The van der Waals surface area contributed by atoms with Crippen molar-refractivity contribution in [2.24, 2.45) is 5.10 Å². The molecule has 1 N–H and O–H groups in total. The molecule has 0 unspecified atom stereocenters. The van der Waals surface area contributed by atoms with Crippen LogP contribution in [0.15, 0.2) is 50.5 Å². The molecule has 3 rings (SSSR count). The van der Waals surface area contributed by atoms with E-state index >= 15 is 0 Å². The molecule has 3 aromatic rings. The highest BCUT2D eigenvalue weighted by molar-refractivity contribution is 6.00. The van der Waals surface area contributed by atoms with Crippen molar-refractivity contribution in [3.8, 4) is 11.5 Å². The van der Waals surface area contributed by atoms with Gasteiger partial charge in [-0.25, -0.2) is 5.43 Å². The van der Waals surface area contributed by atoms with Crippen molar-refractivity contribution in [3.63, 3.8) is 0 Å². The molecular weight excluding hydrogens is 296 g/mol. The topological polar surface area (TPSA) is 93.5 Å². The minimum absolute atomic E-state index is 0.256. The van der Waals surface area contributed by atoms with E-state index in [-0.39, 0.29) is 11.3 Å². The summed E-state index contributed by atoms with van der Waals surface area (Å²) in [6.45, 7) is 3.43. The fourth-order valence-corrected chi connectivity index (χ4v) is 2.05. The van der Waals surface area contributed by atoms with E-state index in [0.29, 0.717) is 17.1 Å². The van der Waals surface area contributed by atoms with Crippen molar-refractivity contribution in [3.05, 3.63) is 59.0 Å². The Bertz CT molecular complexity index is 849. The lowest BCUT2D eigenvalue weighted by Crippen LogP contribution is -2.18. The summed E-state index contributed by atoms with van der Waals surface area (Å²) in [7, 11) is 0. The number of nitrogens with one attached hydrogen (secondary N) is 1. The number of carbonyl (C=O) groups excluding carboxylic acids is 1. The first-order chi connectivity index (χ1) is 11.1. The second kappa shape index (κ2) is 6.27. The third kappa shape index (κ3) is 3.18. The van der Waals surface area contributed by atoms with Gasteiger partial charge in [0.05, 0.1) is 11.9 Å². The van der Waals surface area contributed by atoms with Crippen LogP contribution in [0, 0.1) is 13.8 Å². The maximum Gasteiger partial charge on any atom is 0.277 e. The fourth-order valence-electron chi connectivity index (χ4n) is 2.05. The van der Waals surface area contributed by atoms with Gasteiger partial charge < -0.3 is 9.05 Å². The van der Waals surface area contributed by atoms with Crippen LogP contribution in [-0.2, 0) is 0 Å². The molecule has 7 nitrogen and oxygen atoms in total. The van der Waals surface area contributed by atoms with E-state index in [0.717, 1.165) is 5.56 Å². The first kappa shape index (κ1) is 14.7. The number of carbonyl (C=O) groups is 1. The van der Waals surface area contributed by atoms with E-state index in [9.17, 15) is 4.79 Å². The predicted octanol–water partition coefficient (Wildman–Crippen LogP) is 2.71. The summed E-state index contributed by atoms with van der Waals surface area (Å²) in [5, 5.41) is 11.6. The largest absolute Gasteiger partial charge is 0.361 e. The van der Waals surface area contributed by atoms with E-state index in [2.05, 4.69) is 20.8 Å². The molecule has 116 valence electrons. The third-order valence-corrected chi connectivity index (χ3v) is 3.13. The molecule has 0 bridgehead atoms. The summed E-state index contributed by atoms with van der Waals surface area (Å²) in [5.74, 6) is 0.445. The van der Waals surface area contributed by atoms with Gasteiger partial charge in [-0.05, 0) is 19.4 Å². The monoisotopic (exact) mass is 310 g/mol. The molecule has 0 aliphatic carbocycles. The van der Waals surface area contributed by atoms with Gasteiger partial charge in [0.1, 0.15) is 11.3 Å². The van der Waals surface area contributed by atoms with Crippen LogP contribution in [0.4, 0.5) is 0 Å². The molecule has 0 aliphatic rings. The summed E-state index contributed by atoms with van der Waals surface area (Å²) >= 11 is 0. The third-order valence-electron chi connectivity index (χ3n) is 3.13. The van der Waals surface area contributed by atoms with E-state index < -0.39 is 5.91 Å². The van der Waals surface area contributed by atoms with Gasteiger partial charge in [-0.1, -0.05) is 40.6 Å². The maximum atomic E-state index is 12.3. The Morgan fingerprint density at radius 3 is 2.65 bits per heavy atom. The molecule has 7 heteroatoms. The smallest absolute Gasteiger partial charge is 0.277 e. The van der Waals surface area contributed by atoms with Gasteiger partial charge in [-0.2, -0.15) is 5.10 Å². The van der Waals surface area contributed by atoms with E-state index in [1.807, 2.05) is 30.3 Å². The van der Waals surface area contributed by atoms with Crippen molar-refractivity contribution in [2.45, 2.75) is 13.8 Å². The highest BCUT2D eigenvalue weighted by Crippen LogP contribution is 2.25. The van der Waals surface area contributed by atoms with Crippen LogP contribution in [0.1, 0.15) is 27.4 Å². The molecule has 0 atom stereocenters. The molecule has 0 radical (unpaired) electrons. The quantitative estimate of drug-likeness (QED) is 0.590. The first-order valence-corrected chi connectivity index (χ1v) is 6.93. The van der Waals surface area contributed by atoms with Crippen molar-refractivity contribution >= 4 is 12.1 Å². The Hall–Kier alpha value is -3.22. The number of hydrazone groups is 1. The average molecular weight is 310 g/mol. The van der Waals surface area contributed by atoms with E-state index in [4.69, 9.17) is 9.05 Å². The van der Waals surface area contributed by atoms with Crippen LogP contribution in [0.2, 0.25) is 0 Å². The zero-order valence-electron chi connectivity index (χ0n) is 12.6. The van der Waals surface area contributed by atoms with Crippen molar-refractivity contribution in [1.82, 2.24) is 15.7 Å². The maximum absolute atomic E-state index is 12.3. The van der Waals surface area contributed by atoms with Crippen LogP contribution < -0.4 is 5.43 Å². The predicted molar refractivity (Wildman–Crippen MR) is 83.0 cm³/mol. The molecule has 1 amide bonds. The number of aromatic nitrogens is 2. The Morgan fingerprint density at radius 1 is 1.17 bits per heavy atom. The molecule has 0 spiro atoms. The lowest BCUT2D eigenvalue weighted by Gasteiger charge is -1.99. The average Bonchev–Trinajstić information content (AvgIpc) is 3.14. The second-order valence-electron chi connectivity index (χ2n) is 4.90. The van der Waals surface area contributed by atoms with Gasteiger partial charge in [0, 0.05) is 6.07 Å². The number of nitrogens with zero attached hydrogens (tertiary/aromatic N) is 3. The molecule has 2 heterocycles. The molecular formula is C16H14N4O3. The first-order valence-electron chi connectivity index (χ1n) is 6.93. The number of hydrogen-bond acceptors (Lipinski definition) is 6. The Balaban J connectivity index is 1.80. The normalized spacial score (nSPS) is 11.0. The summed E-state index contributed by atoms with van der Waals surface area (Å²) in [4.78, 5) is 12.3. The molecule has 0 saturated carbocycles. The van der Waals surface area contributed by atoms with E-state index in [1.54, 1.807) is 26.1 Å². The van der Waals surface area contributed by atoms with Gasteiger partial charge >= 0.3 is 0 Å². The molecule has 23 heavy (non-hydrogen) atoms. The number of aryl methyl sites for hydroxylation is 2. The van der Waals surface area contributed by atoms with E-state index in [1.165, 1.54) is 0 Å². The second-order valence-corrected chi connectivity index (χ2v) is 4.90.